The number of carbonyl (C=O) groups excluding carboxylic acids is 1. The lowest BCUT2D eigenvalue weighted by atomic mass is 10.1. The smallest absolute Gasteiger partial charge is 0.280 e. The van der Waals surface area contributed by atoms with Crippen molar-refractivity contribution < 1.29 is 23.2 Å². The number of methoxy groups -OCH3 is 1. The second-order valence-electron chi connectivity index (χ2n) is 8.59. The summed E-state index contributed by atoms with van der Waals surface area (Å²) < 4.78 is 34.0. The fourth-order valence-corrected chi connectivity index (χ4v) is 4.46. The molecule has 0 atom stereocenters. The molecule has 1 fully saturated rings. The number of aromatic nitrogens is 3. The van der Waals surface area contributed by atoms with Gasteiger partial charge in [0.25, 0.3) is 12.3 Å². The zero-order valence-corrected chi connectivity index (χ0v) is 19.3. The molecule has 9 heteroatoms. The highest BCUT2D eigenvalue weighted by Gasteiger charge is 2.28. The molecule has 2 aromatic carbocycles. The van der Waals surface area contributed by atoms with Crippen LogP contribution in [0.25, 0.3) is 16.9 Å². The third-order valence-corrected chi connectivity index (χ3v) is 6.39. The molecule has 0 unspecified atom stereocenters. The maximum absolute atomic E-state index is 13.9. The SMILES string of the molecule is COc1ccc(-c2cc(C(F)F)n3ncc(C(=O)N4CC[NH+](Cc5ccccc5)CC4)c3n2)cc1. The lowest BCUT2D eigenvalue weighted by Gasteiger charge is -2.32. The summed E-state index contributed by atoms with van der Waals surface area (Å²) in [7, 11) is 1.56. The van der Waals surface area contributed by atoms with Crippen molar-refractivity contribution >= 4 is 11.6 Å². The average molecular weight is 479 g/mol. The van der Waals surface area contributed by atoms with E-state index in [9.17, 15) is 13.6 Å². The molecule has 0 aliphatic carbocycles. The minimum absolute atomic E-state index is 0.137. The first-order valence-electron chi connectivity index (χ1n) is 11.5. The van der Waals surface area contributed by atoms with Gasteiger partial charge in [0.1, 0.15) is 23.6 Å². The molecule has 4 aromatic rings. The minimum Gasteiger partial charge on any atom is -0.497 e. The van der Waals surface area contributed by atoms with Gasteiger partial charge in [-0.1, -0.05) is 30.3 Å². The zero-order valence-electron chi connectivity index (χ0n) is 19.3. The second kappa shape index (κ2) is 9.79. The number of fused-ring (bicyclic) bond motifs is 1. The number of piperazine rings is 1. The first-order valence-corrected chi connectivity index (χ1v) is 11.5. The summed E-state index contributed by atoms with van der Waals surface area (Å²) in [5.41, 5.74) is 2.32. The molecule has 0 radical (unpaired) electrons. The van der Waals surface area contributed by atoms with Crippen LogP contribution >= 0.6 is 0 Å². The molecule has 0 spiro atoms. The van der Waals surface area contributed by atoms with Gasteiger partial charge in [0.05, 0.1) is 45.2 Å². The molecule has 3 heterocycles. The van der Waals surface area contributed by atoms with Crippen LogP contribution in [-0.2, 0) is 6.54 Å². The van der Waals surface area contributed by atoms with Crippen molar-refractivity contribution in [2.75, 3.05) is 33.3 Å². The number of ether oxygens (including phenoxy) is 1. The van der Waals surface area contributed by atoms with Gasteiger partial charge in [-0.3, -0.25) is 4.79 Å². The number of alkyl halides is 2. The molecule has 1 amide bonds. The number of carbonyl (C=O) groups is 1. The molecule has 1 aliphatic rings. The number of halogens is 2. The molecule has 1 saturated heterocycles. The van der Waals surface area contributed by atoms with E-state index in [1.165, 1.54) is 22.7 Å². The van der Waals surface area contributed by atoms with Crippen LogP contribution in [0.3, 0.4) is 0 Å². The van der Waals surface area contributed by atoms with Crippen molar-refractivity contribution in [3.05, 3.63) is 83.7 Å². The fraction of sp³-hybridized carbons (Fsp3) is 0.269. The Kier molecular flexibility index (Phi) is 6.41. The lowest BCUT2D eigenvalue weighted by molar-refractivity contribution is -0.917. The summed E-state index contributed by atoms with van der Waals surface area (Å²) in [6.07, 6.45) is -1.43. The van der Waals surface area contributed by atoms with Crippen molar-refractivity contribution in [1.82, 2.24) is 19.5 Å². The van der Waals surface area contributed by atoms with Crippen molar-refractivity contribution in [2.45, 2.75) is 13.0 Å². The summed E-state index contributed by atoms with van der Waals surface area (Å²) in [5.74, 6) is 0.413. The Morgan fingerprint density at radius 1 is 1.09 bits per heavy atom. The Morgan fingerprint density at radius 2 is 1.80 bits per heavy atom. The van der Waals surface area contributed by atoms with Gasteiger partial charge < -0.3 is 14.5 Å². The van der Waals surface area contributed by atoms with E-state index in [2.05, 4.69) is 22.2 Å². The second-order valence-corrected chi connectivity index (χ2v) is 8.59. The highest BCUT2D eigenvalue weighted by atomic mass is 19.3. The van der Waals surface area contributed by atoms with Crippen LogP contribution in [0.2, 0.25) is 0 Å². The maximum atomic E-state index is 13.9. The third-order valence-electron chi connectivity index (χ3n) is 6.39. The predicted molar refractivity (Wildman–Crippen MR) is 127 cm³/mol. The summed E-state index contributed by atoms with van der Waals surface area (Å²) in [6.45, 7) is 3.69. The van der Waals surface area contributed by atoms with E-state index in [1.807, 2.05) is 18.2 Å². The van der Waals surface area contributed by atoms with Crippen LogP contribution in [0, 0.1) is 0 Å². The molecule has 35 heavy (non-hydrogen) atoms. The number of rotatable bonds is 6. The number of nitrogens with one attached hydrogen (secondary N) is 1. The van der Waals surface area contributed by atoms with Crippen LogP contribution in [0.15, 0.2) is 66.9 Å². The number of hydrogen-bond acceptors (Lipinski definition) is 4. The van der Waals surface area contributed by atoms with Crippen LogP contribution in [0.5, 0.6) is 5.75 Å². The van der Waals surface area contributed by atoms with Gasteiger partial charge in [0.2, 0.25) is 0 Å². The minimum atomic E-state index is -2.77. The Labute approximate surface area is 201 Å². The zero-order chi connectivity index (χ0) is 24.4. The normalized spacial score (nSPS) is 14.6. The van der Waals surface area contributed by atoms with Crippen molar-refractivity contribution in [3.63, 3.8) is 0 Å². The van der Waals surface area contributed by atoms with Gasteiger partial charge in [-0.25, -0.2) is 18.3 Å². The van der Waals surface area contributed by atoms with Gasteiger partial charge in [-0.15, -0.1) is 0 Å². The van der Waals surface area contributed by atoms with Crippen LogP contribution in [-0.4, -0.2) is 58.7 Å². The summed E-state index contributed by atoms with van der Waals surface area (Å²) in [4.78, 5) is 21.1. The molecule has 0 bridgehead atoms. The monoisotopic (exact) mass is 478 g/mol. The summed E-state index contributed by atoms with van der Waals surface area (Å²) in [5, 5.41) is 4.09. The molecule has 1 N–H and O–H groups in total. The van der Waals surface area contributed by atoms with Crippen LogP contribution in [0.1, 0.15) is 28.0 Å². The van der Waals surface area contributed by atoms with E-state index in [0.29, 0.717) is 30.1 Å². The van der Waals surface area contributed by atoms with E-state index < -0.39 is 6.43 Å². The molecule has 180 valence electrons. The molecule has 2 aromatic heterocycles. The fourth-order valence-electron chi connectivity index (χ4n) is 4.46. The largest absolute Gasteiger partial charge is 0.497 e. The number of nitrogens with zero attached hydrogens (tertiary/aromatic N) is 4. The maximum Gasteiger partial charge on any atom is 0.280 e. The molecule has 5 rings (SSSR count). The average Bonchev–Trinajstić information content (AvgIpc) is 3.33. The van der Waals surface area contributed by atoms with Crippen LogP contribution in [0.4, 0.5) is 8.78 Å². The van der Waals surface area contributed by atoms with Gasteiger partial charge >= 0.3 is 0 Å². The van der Waals surface area contributed by atoms with E-state index in [-0.39, 0.29) is 22.8 Å². The lowest BCUT2D eigenvalue weighted by Crippen LogP contribution is -3.13. The predicted octanol–water partition coefficient (Wildman–Crippen LogP) is 2.88. The van der Waals surface area contributed by atoms with E-state index in [4.69, 9.17) is 4.74 Å². The quantitative estimate of drug-likeness (QED) is 0.463. The van der Waals surface area contributed by atoms with E-state index in [0.717, 1.165) is 24.1 Å². The number of benzene rings is 2. The van der Waals surface area contributed by atoms with Crippen LogP contribution < -0.4 is 9.64 Å². The standard InChI is InChI=1S/C26H25F2N5O2/c1-35-20-9-7-19(8-10-20)22-15-23(24(27)28)33-25(30-22)21(16-29-33)26(34)32-13-11-31(12-14-32)17-18-5-3-2-4-6-18/h2-10,15-16,24H,11-14,17H2,1H3/p+1. The van der Waals surface area contributed by atoms with Gasteiger partial charge in [-0.05, 0) is 30.3 Å². The van der Waals surface area contributed by atoms with Gasteiger partial charge in [-0.2, -0.15) is 5.10 Å². The van der Waals surface area contributed by atoms with Crippen molar-refractivity contribution in [2.24, 2.45) is 0 Å². The first-order chi connectivity index (χ1) is 17.0. The van der Waals surface area contributed by atoms with E-state index >= 15 is 0 Å². The highest BCUT2D eigenvalue weighted by molar-refractivity contribution is 6.00. The third kappa shape index (κ3) is 4.72. The molecule has 0 saturated carbocycles. The van der Waals surface area contributed by atoms with Crippen molar-refractivity contribution in [3.8, 4) is 17.0 Å². The molecule has 7 nitrogen and oxygen atoms in total. The Bertz CT molecular complexity index is 1320. The topological polar surface area (TPSA) is 64.2 Å². The molecular weight excluding hydrogens is 452 g/mol. The van der Waals surface area contributed by atoms with Gasteiger partial charge in [0, 0.05) is 11.1 Å². The molecule has 1 aliphatic heterocycles. The van der Waals surface area contributed by atoms with Crippen molar-refractivity contribution in [1.29, 1.82) is 0 Å². The Balaban J connectivity index is 1.40. The number of hydrogen-bond donors (Lipinski definition) is 1. The first kappa shape index (κ1) is 22.9. The highest BCUT2D eigenvalue weighted by Crippen LogP contribution is 2.28. The van der Waals surface area contributed by atoms with Gasteiger partial charge in [0.15, 0.2) is 5.65 Å². The number of quaternary nitrogens is 1. The van der Waals surface area contributed by atoms with E-state index in [1.54, 1.807) is 36.3 Å². The number of amides is 1. The summed E-state index contributed by atoms with van der Waals surface area (Å²) >= 11 is 0. The molecular formula is C26H26F2N5O2+. The Morgan fingerprint density at radius 3 is 2.46 bits per heavy atom. The summed E-state index contributed by atoms with van der Waals surface area (Å²) in [6, 6.07) is 18.6. The Hall–Kier alpha value is -3.85.